The molecule has 4 amide bonds. The van der Waals surface area contributed by atoms with Gasteiger partial charge in [-0.05, 0) is 70.8 Å². The van der Waals surface area contributed by atoms with E-state index in [0.717, 1.165) is 16.7 Å². The number of hydrogen-bond acceptors (Lipinski definition) is 10. The maximum Gasteiger partial charge on any atom is 0.408 e. The number of methoxy groups -OCH3 is 1. The number of ether oxygens (including phenoxy) is 3. The van der Waals surface area contributed by atoms with Crippen LogP contribution >= 0.6 is 0 Å². The van der Waals surface area contributed by atoms with Crippen molar-refractivity contribution < 1.29 is 43.6 Å². The van der Waals surface area contributed by atoms with Gasteiger partial charge >= 0.3 is 6.09 Å². The van der Waals surface area contributed by atoms with Crippen LogP contribution in [-0.4, -0.2) is 71.4 Å². The summed E-state index contributed by atoms with van der Waals surface area (Å²) in [6.45, 7) is 8.98. The normalized spacial score (nSPS) is 13.6. The molecular formula is C51H61N5O9. The third kappa shape index (κ3) is 15.1. The summed E-state index contributed by atoms with van der Waals surface area (Å²) in [4.78, 5) is 55.8. The molecule has 14 heteroatoms. The van der Waals surface area contributed by atoms with Gasteiger partial charge in [-0.1, -0.05) is 126 Å². The van der Waals surface area contributed by atoms with Crippen LogP contribution < -0.4 is 36.1 Å². The van der Waals surface area contributed by atoms with Crippen molar-refractivity contribution in [1.29, 1.82) is 0 Å². The lowest BCUT2D eigenvalue weighted by molar-refractivity contribution is -0.134. The third-order valence-corrected chi connectivity index (χ3v) is 10.7. The molecule has 0 unspecified atom stereocenters. The van der Waals surface area contributed by atoms with E-state index in [9.17, 15) is 29.4 Å². The molecule has 0 saturated heterocycles. The molecule has 5 aromatic carbocycles. The number of amides is 4. The Labute approximate surface area is 381 Å². The van der Waals surface area contributed by atoms with Gasteiger partial charge in [0.1, 0.15) is 47.7 Å². The van der Waals surface area contributed by atoms with E-state index in [1.165, 1.54) is 13.2 Å². The minimum absolute atomic E-state index is 0.00884. The van der Waals surface area contributed by atoms with Gasteiger partial charge in [-0.3, -0.25) is 19.7 Å². The highest BCUT2D eigenvalue weighted by molar-refractivity contribution is 5.91. The van der Waals surface area contributed by atoms with Crippen molar-refractivity contribution in [2.75, 3.05) is 7.11 Å². The smallest absolute Gasteiger partial charge is 0.408 e. The molecule has 0 fully saturated rings. The van der Waals surface area contributed by atoms with Crippen LogP contribution in [0.5, 0.6) is 23.0 Å². The molecule has 0 radical (unpaired) electrons. The first-order valence-electron chi connectivity index (χ1n) is 21.6. The molecule has 0 aliphatic carbocycles. The van der Waals surface area contributed by atoms with Crippen LogP contribution in [0, 0.1) is 11.3 Å². The topological polar surface area (TPSA) is 197 Å². The Morgan fingerprint density at radius 2 is 1.22 bits per heavy atom. The molecule has 5 aromatic rings. The standard InChI is InChI=1S/C51H61N5O9/c1-33(2)43(47(59)53-31-37-24-27-40(63-6)29-42(37)57)55-48(60)44(52-30-35-22-25-39(26-23-35)65-38-20-14-9-15-21-38)45(58)41(28-34-16-10-7-11-17-34)54-49(61)46(51(3,4)5)56-50(62)64-32-36-18-12-8-13-19-36/h7-27,29,33,41,43-46,52,57-58H,28,30-32H2,1-6H3,(H,53,59)(H,54,61)(H,55,60)(H,56,62)/t41-,43-,44+,45-,46+/m0/s1. The number of benzene rings is 5. The summed E-state index contributed by atoms with van der Waals surface area (Å²) < 4.78 is 16.6. The summed E-state index contributed by atoms with van der Waals surface area (Å²) in [5, 5.41) is 37.5. The number of aromatic hydroxyl groups is 1. The van der Waals surface area contributed by atoms with E-state index in [-0.39, 0.29) is 31.9 Å². The number of rotatable bonds is 21. The zero-order valence-corrected chi connectivity index (χ0v) is 37.7. The van der Waals surface area contributed by atoms with E-state index < -0.39 is 65.4 Å². The van der Waals surface area contributed by atoms with Gasteiger partial charge in [0.25, 0.3) is 0 Å². The van der Waals surface area contributed by atoms with Gasteiger partial charge in [0.05, 0.1) is 19.3 Å². The van der Waals surface area contributed by atoms with Crippen LogP contribution in [0.25, 0.3) is 0 Å². The molecule has 0 aromatic heterocycles. The van der Waals surface area contributed by atoms with Crippen LogP contribution in [0.2, 0.25) is 0 Å². The Morgan fingerprint density at radius 1 is 0.631 bits per heavy atom. The summed E-state index contributed by atoms with van der Waals surface area (Å²) in [5.74, 6) is -0.583. The summed E-state index contributed by atoms with van der Waals surface area (Å²) in [7, 11) is 1.48. The van der Waals surface area contributed by atoms with E-state index in [0.29, 0.717) is 22.8 Å². The summed E-state index contributed by atoms with van der Waals surface area (Å²) >= 11 is 0. The van der Waals surface area contributed by atoms with Gasteiger partial charge in [0.2, 0.25) is 17.7 Å². The summed E-state index contributed by atoms with van der Waals surface area (Å²) in [6, 6.07) is 34.9. The minimum atomic E-state index is -1.59. The van der Waals surface area contributed by atoms with Crippen LogP contribution in [0.15, 0.2) is 133 Å². The Balaban J connectivity index is 1.40. The van der Waals surface area contributed by atoms with Crippen molar-refractivity contribution in [2.45, 2.75) is 91.0 Å². The second-order valence-corrected chi connectivity index (χ2v) is 17.2. The number of carbonyl (C=O) groups is 4. The lowest BCUT2D eigenvalue weighted by Gasteiger charge is -2.35. The highest BCUT2D eigenvalue weighted by Gasteiger charge is 2.40. The fourth-order valence-corrected chi connectivity index (χ4v) is 6.97. The van der Waals surface area contributed by atoms with Gasteiger partial charge in [0, 0.05) is 24.7 Å². The van der Waals surface area contributed by atoms with Gasteiger partial charge in [0.15, 0.2) is 0 Å². The monoisotopic (exact) mass is 887 g/mol. The fraction of sp³-hybridized carbons (Fsp3) is 0.333. The van der Waals surface area contributed by atoms with Gasteiger partial charge in [-0.15, -0.1) is 0 Å². The first-order valence-corrected chi connectivity index (χ1v) is 21.6. The Bertz CT molecular complexity index is 2290. The van der Waals surface area contributed by atoms with Crippen molar-refractivity contribution in [1.82, 2.24) is 26.6 Å². The second kappa shape index (κ2) is 23.7. The minimum Gasteiger partial charge on any atom is -0.507 e. The molecule has 0 saturated carbocycles. The largest absolute Gasteiger partial charge is 0.507 e. The van der Waals surface area contributed by atoms with Gasteiger partial charge in [-0.25, -0.2) is 4.79 Å². The maximum absolute atomic E-state index is 14.6. The molecule has 7 N–H and O–H groups in total. The predicted octanol–water partition coefficient (Wildman–Crippen LogP) is 6.54. The molecule has 344 valence electrons. The zero-order valence-electron chi connectivity index (χ0n) is 37.7. The van der Waals surface area contributed by atoms with E-state index in [1.54, 1.807) is 58.9 Å². The van der Waals surface area contributed by atoms with Crippen molar-refractivity contribution in [3.8, 4) is 23.0 Å². The molecule has 5 rings (SSSR count). The third-order valence-electron chi connectivity index (χ3n) is 10.7. The van der Waals surface area contributed by atoms with Crippen LogP contribution in [0.4, 0.5) is 4.79 Å². The van der Waals surface area contributed by atoms with Gasteiger partial charge < -0.3 is 45.7 Å². The molecule has 0 aliphatic heterocycles. The van der Waals surface area contributed by atoms with Crippen molar-refractivity contribution in [3.63, 3.8) is 0 Å². The SMILES string of the molecule is COc1ccc(CNC(=O)[C@@H](NC(=O)[C@H](NCc2ccc(Oc3ccccc3)cc2)[C@@H](O)[C@H](Cc2ccccc2)NC(=O)[C@@H](NC(=O)OCc2ccccc2)C(C)(C)C)C(C)C)c(O)c1. The van der Waals surface area contributed by atoms with Crippen LogP contribution in [0.3, 0.4) is 0 Å². The van der Waals surface area contributed by atoms with E-state index in [2.05, 4.69) is 26.6 Å². The van der Waals surface area contributed by atoms with Crippen LogP contribution in [-0.2, 0) is 45.2 Å². The molecule has 14 nitrogen and oxygen atoms in total. The number of carbonyl (C=O) groups excluding carboxylic acids is 4. The molecular weight excluding hydrogens is 827 g/mol. The second-order valence-electron chi connectivity index (χ2n) is 17.2. The van der Waals surface area contributed by atoms with Crippen molar-refractivity contribution in [3.05, 3.63) is 156 Å². The molecule has 0 aliphatic rings. The Hall–Kier alpha value is -6.90. The number of phenolic OH excluding ortho intramolecular Hbond substituents is 1. The van der Waals surface area contributed by atoms with Crippen molar-refractivity contribution in [2.24, 2.45) is 11.3 Å². The molecule has 0 heterocycles. The van der Waals surface area contributed by atoms with Crippen LogP contribution in [0.1, 0.15) is 56.9 Å². The average Bonchev–Trinajstić information content (AvgIpc) is 3.29. The Morgan fingerprint density at radius 3 is 1.80 bits per heavy atom. The number of para-hydroxylation sites is 1. The quantitative estimate of drug-likeness (QED) is 0.0425. The first-order chi connectivity index (χ1) is 31.1. The number of aliphatic hydroxyl groups is 1. The number of hydrogen-bond donors (Lipinski definition) is 7. The first kappa shape index (κ1) is 49.1. The average molecular weight is 888 g/mol. The van der Waals surface area contributed by atoms with E-state index >= 15 is 0 Å². The predicted molar refractivity (Wildman–Crippen MR) is 248 cm³/mol. The lowest BCUT2D eigenvalue weighted by atomic mass is 9.85. The number of phenols is 1. The zero-order chi connectivity index (χ0) is 46.9. The van der Waals surface area contributed by atoms with Crippen molar-refractivity contribution >= 4 is 23.8 Å². The number of nitrogens with one attached hydrogen (secondary N) is 5. The lowest BCUT2D eigenvalue weighted by Crippen LogP contribution is -2.63. The van der Waals surface area contributed by atoms with Gasteiger partial charge in [-0.2, -0.15) is 0 Å². The highest BCUT2D eigenvalue weighted by atomic mass is 16.5. The van der Waals surface area contributed by atoms with E-state index in [4.69, 9.17) is 14.2 Å². The molecule has 65 heavy (non-hydrogen) atoms. The summed E-state index contributed by atoms with van der Waals surface area (Å²) in [6.07, 6.45) is -2.29. The van der Waals surface area contributed by atoms with E-state index in [1.807, 2.05) is 103 Å². The molecule has 0 spiro atoms. The molecule has 5 atom stereocenters. The summed E-state index contributed by atoms with van der Waals surface area (Å²) in [5.41, 5.74) is 1.91. The maximum atomic E-state index is 14.6. The fourth-order valence-electron chi connectivity index (χ4n) is 6.97. The molecule has 0 bridgehead atoms. The number of alkyl carbamates (subject to hydrolysis) is 1. The number of aliphatic hydroxyl groups excluding tert-OH is 1. The highest BCUT2D eigenvalue weighted by Crippen LogP contribution is 2.25. The Kier molecular flexibility index (Phi) is 17.9.